The van der Waals surface area contributed by atoms with Gasteiger partial charge >= 0.3 is 12.2 Å². The van der Waals surface area contributed by atoms with Gasteiger partial charge in [0, 0.05) is 36.0 Å². The van der Waals surface area contributed by atoms with Gasteiger partial charge in [-0.3, -0.25) is 0 Å². The van der Waals surface area contributed by atoms with Gasteiger partial charge in [-0.25, -0.2) is 9.59 Å². The average molecular weight is 569 g/mol. The minimum absolute atomic E-state index is 0.326. The third-order valence-electron chi connectivity index (χ3n) is 5.66. The average Bonchev–Trinajstić information content (AvgIpc) is 2.83. The lowest BCUT2D eigenvalue weighted by molar-refractivity contribution is 0.156. The van der Waals surface area contributed by atoms with Crippen LogP contribution in [0, 0.1) is 27.7 Å². The second-order valence-corrected chi connectivity index (χ2v) is 13.9. The standard InChI is InChI=1S/C26H36N2O4S4/c1-9-27(10-2)25(29)31-21-15-23(19(7)13-17(21)5)33-35-36-34-24-16-22(18(6)14-20(24)8)32-26(30)28(11-3)12-4/h13-16H,9-12H2,1-8H3. The molecule has 2 aromatic rings. The highest BCUT2D eigenvalue weighted by molar-refractivity contribution is 9.26. The predicted octanol–water partition coefficient (Wildman–Crippen LogP) is 8.70. The molecule has 198 valence electrons. The molecule has 0 unspecified atom stereocenters. The monoisotopic (exact) mass is 568 g/mol. The van der Waals surface area contributed by atoms with Crippen LogP contribution in [0.15, 0.2) is 34.1 Å². The SMILES string of the molecule is CCN(CC)C(=O)Oc1cc(SSSSc2cc(OC(=O)N(CC)CC)c(C)cc2C)c(C)cc1C. The molecule has 0 atom stereocenters. The maximum atomic E-state index is 12.4. The lowest BCUT2D eigenvalue weighted by Gasteiger charge is -2.19. The number of amides is 2. The molecule has 0 aliphatic carbocycles. The summed E-state index contributed by atoms with van der Waals surface area (Å²) < 4.78 is 11.3. The number of nitrogens with zero attached hydrogens (tertiary/aromatic N) is 2. The smallest absolute Gasteiger partial charge is 0.410 e. The van der Waals surface area contributed by atoms with E-state index in [4.69, 9.17) is 9.47 Å². The van der Waals surface area contributed by atoms with E-state index in [0.717, 1.165) is 32.0 Å². The van der Waals surface area contributed by atoms with Crippen molar-refractivity contribution in [2.75, 3.05) is 26.2 Å². The Morgan fingerprint density at radius 2 is 0.944 bits per heavy atom. The zero-order valence-electron chi connectivity index (χ0n) is 22.3. The van der Waals surface area contributed by atoms with Crippen molar-refractivity contribution in [3.63, 3.8) is 0 Å². The summed E-state index contributed by atoms with van der Waals surface area (Å²) in [5.74, 6) is 1.18. The molecule has 0 saturated carbocycles. The first-order chi connectivity index (χ1) is 17.1. The zero-order chi connectivity index (χ0) is 26.8. The van der Waals surface area contributed by atoms with Gasteiger partial charge in [0.1, 0.15) is 11.5 Å². The normalized spacial score (nSPS) is 10.8. The molecule has 0 saturated heterocycles. The van der Waals surface area contributed by atoms with Crippen LogP contribution in [-0.4, -0.2) is 48.2 Å². The molecule has 0 aromatic heterocycles. The molecule has 6 nitrogen and oxygen atoms in total. The molecule has 0 heterocycles. The van der Waals surface area contributed by atoms with Crippen LogP contribution in [0.4, 0.5) is 9.59 Å². The van der Waals surface area contributed by atoms with Crippen LogP contribution in [0.5, 0.6) is 11.5 Å². The van der Waals surface area contributed by atoms with Gasteiger partial charge in [-0.05, 0) is 131 Å². The number of ether oxygens (including phenoxy) is 2. The number of rotatable bonds is 11. The first-order valence-electron chi connectivity index (χ1n) is 12.0. The molecular formula is C26H36N2O4S4. The predicted molar refractivity (Wildman–Crippen MR) is 157 cm³/mol. The van der Waals surface area contributed by atoms with Gasteiger partial charge < -0.3 is 19.3 Å². The molecule has 0 aliphatic rings. The topological polar surface area (TPSA) is 59.1 Å². The quantitative estimate of drug-likeness (QED) is 0.197. The van der Waals surface area contributed by atoms with Gasteiger partial charge in [0.2, 0.25) is 0 Å². The van der Waals surface area contributed by atoms with E-state index >= 15 is 0 Å². The van der Waals surface area contributed by atoms with Crippen LogP contribution in [0.1, 0.15) is 49.9 Å². The fraction of sp³-hybridized carbons (Fsp3) is 0.462. The molecule has 2 amide bonds. The van der Waals surface area contributed by atoms with Crippen molar-refractivity contribution >= 4 is 53.4 Å². The van der Waals surface area contributed by atoms with Crippen LogP contribution in [0.2, 0.25) is 0 Å². The second kappa shape index (κ2) is 15.0. The van der Waals surface area contributed by atoms with Gasteiger partial charge in [-0.2, -0.15) is 0 Å². The molecule has 0 bridgehead atoms. The summed E-state index contributed by atoms with van der Waals surface area (Å²) in [6, 6.07) is 7.98. The molecular weight excluding hydrogens is 533 g/mol. The Kier molecular flexibility index (Phi) is 12.7. The molecule has 0 aliphatic heterocycles. The lowest BCUT2D eigenvalue weighted by Crippen LogP contribution is -2.33. The first kappa shape index (κ1) is 30.6. The van der Waals surface area contributed by atoms with Gasteiger partial charge in [0.05, 0.1) is 0 Å². The Morgan fingerprint density at radius 3 is 1.25 bits per heavy atom. The van der Waals surface area contributed by atoms with E-state index in [1.165, 1.54) is 0 Å². The maximum Gasteiger partial charge on any atom is 0.415 e. The molecule has 2 rings (SSSR count). The fourth-order valence-electron chi connectivity index (χ4n) is 3.41. The van der Waals surface area contributed by atoms with Crippen molar-refractivity contribution in [3.05, 3.63) is 46.5 Å². The van der Waals surface area contributed by atoms with E-state index in [9.17, 15) is 9.59 Å². The number of carbonyl (C=O) groups excluding carboxylic acids is 2. The lowest BCUT2D eigenvalue weighted by atomic mass is 10.1. The Balaban J connectivity index is 2.03. The van der Waals surface area contributed by atoms with Crippen LogP contribution < -0.4 is 9.47 Å². The molecule has 2 aromatic carbocycles. The van der Waals surface area contributed by atoms with Crippen molar-refractivity contribution in [1.82, 2.24) is 9.80 Å². The third kappa shape index (κ3) is 8.46. The second-order valence-electron chi connectivity index (χ2n) is 8.15. The summed E-state index contributed by atoms with van der Waals surface area (Å²) in [4.78, 5) is 30.2. The minimum Gasteiger partial charge on any atom is -0.410 e. The van der Waals surface area contributed by atoms with Crippen LogP contribution in [-0.2, 0) is 0 Å². The number of carbonyl (C=O) groups is 2. The molecule has 0 radical (unpaired) electrons. The fourth-order valence-corrected chi connectivity index (χ4v) is 9.31. The van der Waals surface area contributed by atoms with Gasteiger partial charge in [-0.1, -0.05) is 12.1 Å². The van der Waals surface area contributed by atoms with Crippen LogP contribution in [0.25, 0.3) is 0 Å². The zero-order valence-corrected chi connectivity index (χ0v) is 25.6. The Labute approximate surface area is 230 Å². The van der Waals surface area contributed by atoms with Crippen LogP contribution in [0.3, 0.4) is 0 Å². The third-order valence-corrected chi connectivity index (χ3v) is 12.0. The summed E-state index contributed by atoms with van der Waals surface area (Å²) in [5, 5.41) is 0. The summed E-state index contributed by atoms with van der Waals surface area (Å²) in [5.41, 5.74) is 4.14. The van der Waals surface area contributed by atoms with Crippen molar-refractivity contribution in [3.8, 4) is 11.5 Å². The van der Waals surface area contributed by atoms with E-state index in [1.807, 2.05) is 65.8 Å². The molecule has 36 heavy (non-hydrogen) atoms. The first-order valence-corrected chi connectivity index (χ1v) is 16.8. The van der Waals surface area contributed by atoms with Gasteiger partial charge in [-0.15, -0.1) is 0 Å². The number of hydrogen-bond donors (Lipinski definition) is 0. The van der Waals surface area contributed by atoms with E-state index in [2.05, 4.69) is 13.8 Å². The summed E-state index contributed by atoms with van der Waals surface area (Å²) in [6.07, 6.45) is -0.652. The van der Waals surface area contributed by atoms with Crippen molar-refractivity contribution < 1.29 is 19.1 Å². The van der Waals surface area contributed by atoms with Crippen LogP contribution >= 0.6 is 41.2 Å². The van der Waals surface area contributed by atoms with E-state index in [0.29, 0.717) is 37.7 Å². The number of benzene rings is 2. The van der Waals surface area contributed by atoms with E-state index < -0.39 is 0 Å². The largest absolute Gasteiger partial charge is 0.415 e. The summed E-state index contributed by atoms with van der Waals surface area (Å²) >= 11 is 0. The van der Waals surface area contributed by atoms with Crippen molar-refractivity contribution in [2.24, 2.45) is 0 Å². The minimum atomic E-state index is -0.326. The molecule has 0 N–H and O–H groups in total. The highest BCUT2D eigenvalue weighted by Gasteiger charge is 2.17. The molecule has 10 heteroatoms. The summed E-state index contributed by atoms with van der Waals surface area (Å²) in [7, 11) is 6.54. The van der Waals surface area contributed by atoms with Gasteiger partial charge in [0.15, 0.2) is 0 Å². The maximum absolute atomic E-state index is 12.4. The number of aryl methyl sites for hydroxylation is 4. The summed E-state index contributed by atoms with van der Waals surface area (Å²) in [6.45, 7) is 18.2. The highest BCUT2D eigenvalue weighted by atomic mass is 33.7. The number of hydrogen-bond acceptors (Lipinski definition) is 8. The van der Waals surface area contributed by atoms with Crippen molar-refractivity contribution in [2.45, 2.75) is 65.2 Å². The Bertz CT molecular complexity index is 973. The molecule has 0 fully saturated rings. The Morgan fingerprint density at radius 1 is 0.611 bits per heavy atom. The Hall–Kier alpha value is -1.62. The van der Waals surface area contributed by atoms with Crippen molar-refractivity contribution in [1.29, 1.82) is 0 Å². The van der Waals surface area contributed by atoms with E-state index in [1.54, 1.807) is 51.0 Å². The highest BCUT2D eigenvalue weighted by Crippen LogP contribution is 2.51. The van der Waals surface area contributed by atoms with Gasteiger partial charge in [0.25, 0.3) is 0 Å². The molecule has 0 spiro atoms. The van der Waals surface area contributed by atoms with E-state index in [-0.39, 0.29) is 12.2 Å².